The first-order valence-corrected chi connectivity index (χ1v) is 12.6. The van der Waals surface area contributed by atoms with Crippen LogP contribution in [0.2, 0.25) is 0 Å². The molecule has 4 amide bonds. The van der Waals surface area contributed by atoms with E-state index >= 15 is 0 Å². The lowest BCUT2D eigenvalue weighted by atomic mass is 10.0. The maximum atomic E-state index is 13.7. The topological polar surface area (TPSA) is 104 Å². The Hall–Kier alpha value is -4.27. The van der Waals surface area contributed by atoms with Crippen LogP contribution in [0.25, 0.3) is 10.8 Å². The number of unbranched alkanes of at least 4 members (excludes halogenated alkanes) is 1. The number of nitro benzene ring substituents is 1. The van der Waals surface area contributed by atoms with Gasteiger partial charge in [0, 0.05) is 23.6 Å². The Labute approximate surface area is 213 Å². The number of rotatable bonds is 6. The number of fused-ring (bicyclic) bond motifs is 6. The number of carbonyl (C=O) groups is 3. The summed E-state index contributed by atoms with van der Waals surface area (Å²) in [5.74, 6) is -0.530. The predicted molar refractivity (Wildman–Crippen MR) is 137 cm³/mol. The van der Waals surface area contributed by atoms with Crippen molar-refractivity contribution in [2.24, 2.45) is 0 Å². The molecule has 3 aromatic rings. The number of anilines is 1. The number of imide groups is 1. The van der Waals surface area contributed by atoms with Gasteiger partial charge in [-0.25, -0.2) is 9.69 Å². The molecule has 3 heterocycles. The first-order chi connectivity index (χ1) is 17.9. The summed E-state index contributed by atoms with van der Waals surface area (Å²) in [5, 5.41) is 12.3. The van der Waals surface area contributed by atoms with Crippen LogP contribution in [-0.4, -0.2) is 57.2 Å². The zero-order valence-electron chi connectivity index (χ0n) is 20.4. The van der Waals surface area contributed by atoms with Gasteiger partial charge in [0.15, 0.2) is 0 Å². The number of amides is 4. The molecule has 0 unspecified atom stereocenters. The molecular weight excluding hydrogens is 472 g/mol. The Morgan fingerprint density at radius 3 is 2.46 bits per heavy atom. The first-order valence-electron chi connectivity index (χ1n) is 12.6. The van der Waals surface area contributed by atoms with Crippen molar-refractivity contribution in [1.29, 1.82) is 0 Å². The minimum Gasteiger partial charge on any atom is -0.331 e. The van der Waals surface area contributed by atoms with Crippen LogP contribution in [0, 0.1) is 10.1 Å². The van der Waals surface area contributed by atoms with Gasteiger partial charge < -0.3 is 9.80 Å². The number of urea groups is 1. The molecule has 0 spiro atoms. The Morgan fingerprint density at radius 2 is 1.76 bits per heavy atom. The minimum atomic E-state index is -0.756. The van der Waals surface area contributed by atoms with Crippen molar-refractivity contribution in [2.45, 2.75) is 50.7 Å². The van der Waals surface area contributed by atoms with E-state index in [9.17, 15) is 24.5 Å². The molecule has 0 radical (unpaired) electrons. The number of nitro groups is 1. The molecule has 0 N–H and O–H groups in total. The van der Waals surface area contributed by atoms with Gasteiger partial charge in [-0.05, 0) is 49.1 Å². The van der Waals surface area contributed by atoms with E-state index in [1.807, 2.05) is 24.3 Å². The third-order valence-corrected chi connectivity index (χ3v) is 7.86. The Morgan fingerprint density at radius 1 is 1.03 bits per heavy atom. The number of likely N-dealkylation sites (tertiary alicyclic amines) is 1. The van der Waals surface area contributed by atoms with Gasteiger partial charge in [0.25, 0.3) is 17.5 Å². The molecule has 37 heavy (non-hydrogen) atoms. The zero-order valence-corrected chi connectivity index (χ0v) is 20.4. The lowest BCUT2D eigenvalue weighted by Gasteiger charge is -2.35. The summed E-state index contributed by atoms with van der Waals surface area (Å²) in [5.41, 5.74) is 2.01. The number of hydrogen-bond donors (Lipinski definition) is 0. The average molecular weight is 499 g/mol. The third kappa shape index (κ3) is 3.48. The number of carbonyl (C=O) groups excluding carboxylic acids is 3. The molecule has 6 rings (SSSR count). The second-order valence-corrected chi connectivity index (χ2v) is 9.93. The molecule has 9 nitrogen and oxygen atoms in total. The highest BCUT2D eigenvalue weighted by Crippen LogP contribution is 2.44. The molecule has 9 heteroatoms. The monoisotopic (exact) mass is 498 g/mol. The van der Waals surface area contributed by atoms with Crippen LogP contribution < -0.4 is 4.90 Å². The molecule has 3 atom stereocenters. The van der Waals surface area contributed by atoms with Crippen LogP contribution in [-0.2, 0) is 11.2 Å². The third-order valence-electron chi connectivity index (χ3n) is 7.86. The van der Waals surface area contributed by atoms with Crippen molar-refractivity contribution >= 4 is 40.0 Å². The fourth-order valence-corrected chi connectivity index (χ4v) is 6.09. The van der Waals surface area contributed by atoms with E-state index in [-0.39, 0.29) is 17.6 Å². The molecule has 3 aliphatic heterocycles. The lowest BCUT2D eigenvalue weighted by molar-refractivity contribution is -0.383. The van der Waals surface area contributed by atoms with Gasteiger partial charge in [0.2, 0.25) is 0 Å². The van der Waals surface area contributed by atoms with E-state index in [0.29, 0.717) is 35.0 Å². The van der Waals surface area contributed by atoms with E-state index < -0.39 is 28.9 Å². The fourth-order valence-electron chi connectivity index (χ4n) is 6.09. The molecule has 3 aliphatic rings. The highest BCUT2D eigenvalue weighted by atomic mass is 16.6. The number of benzene rings is 3. The summed E-state index contributed by atoms with van der Waals surface area (Å²) in [6.07, 6.45) is 3.74. The maximum absolute atomic E-state index is 13.7. The van der Waals surface area contributed by atoms with Crippen LogP contribution in [0.15, 0.2) is 60.7 Å². The zero-order chi connectivity index (χ0) is 25.8. The lowest BCUT2D eigenvalue weighted by Crippen LogP contribution is -2.54. The number of hydrogen-bond acceptors (Lipinski definition) is 5. The quantitative estimate of drug-likeness (QED) is 0.282. The van der Waals surface area contributed by atoms with Crippen molar-refractivity contribution in [3.8, 4) is 0 Å². The fraction of sp³-hybridized carbons (Fsp3) is 0.321. The Bertz CT molecular complexity index is 1450. The number of aryl methyl sites for hydroxylation is 1. The largest absolute Gasteiger partial charge is 0.332 e. The van der Waals surface area contributed by atoms with Crippen molar-refractivity contribution in [2.75, 3.05) is 11.4 Å². The van der Waals surface area contributed by atoms with Gasteiger partial charge >= 0.3 is 6.03 Å². The maximum Gasteiger partial charge on any atom is 0.332 e. The average Bonchev–Trinajstić information content (AvgIpc) is 3.58. The highest BCUT2D eigenvalue weighted by molar-refractivity contribution is 6.25. The summed E-state index contributed by atoms with van der Waals surface area (Å²) in [7, 11) is 0. The van der Waals surface area contributed by atoms with Crippen LogP contribution >= 0.6 is 0 Å². The number of piperazine rings is 1. The van der Waals surface area contributed by atoms with Crippen LogP contribution in [0.4, 0.5) is 16.2 Å². The summed E-state index contributed by atoms with van der Waals surface area (Å²) < 4.78 is 0. The van der Waals surface area contributed by atoms with Gasteiger partial charge in [0.05, 0.1) is 28.1 Å². The summed E-state index contributed by atoms with van der Waals surface area (Å²) in [6, 6.07) is 15.3. The van der Waals surface area contributed by atoms with E-state index in [1.165, 1.54) is 17.7 Å². The van der Waals surface area contributed by atoms with Crippen molar-refractivity contribution in [1.82, 2.24) is 9.80 Å². The van der Waals surface area contributed by atoms with E-state index in [0.717, 1.165) is 24.2 Å². The Balaban J connectivity index is 1.29. The van der Waals surface area contributed by atoms with Gasteiger partial charge in [-0.3, -0.25) is 19.7 Å². The smallest absolute Gasteiger partial charge is 0.331 e. The summed E-state index contributed by atoms with van der Waals surface area (Å²) in [4.78, 5) is 56.1. The van der Waals surface area contributed by atoms with Gasteiger partial charge in [0.1, 0.15) is 6.04 Å². The van der Waals surface area contributed by atoms with Crippen LogP contribution in [0.5, 0.6) is 0 Å². The Kier molecular flexibility index (Phi) is 5.43. The van der Waals surface area contributed by atoms with Crippen molar-refractivity contribution in [3.63, 3.8) is 0 Å². The van der Waals surface area contributed by atoms with E-state index in [4.69, 9.17) is 0 Å². The SMILES string of the molecule is CCCCc1ccc(C(=O)N2C[C@@H]3C[C@H]2[C@@H]2C(=O)N(c4ccc([N+](=O)[O-])c5ccccc45)C(=O)N32)cc1. The molecule has 2 bridgehead atoms. The van der Waals surface area contributed by atoms with Crippen molar-refractivity contribution < 1.29 is 19.3 Å². The summed E-state index contributed by atoms with van der Waals surface area (Å²) in [6.45, 7) is 2.52. The highest BCUT2D eigenvalue weighted by Gasteiger charge is 2.63. The molecular formula is C28H26N4O5. The van der Waals surface area contributed by atoms with Crippen LogP contribution in [0.1, 0.15) is 42.1 Å². The molecule has 3 saturated heterocycles. The molecule has 0 saturated carbocycles. The van der Waals surface area contributed by atoms with Crippen LogP contribution in [0.3, 0.4) is 0 Å². The number of nitrogens with zero attached hydrogens (tertiary/aromatic N) is 4. The number of non-ortho nitro benzene ring substituents is 1. The molecule has 188 valence electrons. The second-order valence-electron chi connectivity index (χ2n) is 9.93. The first kappa shape index (κ1) is 23.1. The van der Waals surface area contributed by atoms with Gasteiger partial charge in [-0.2, -0.15) is 0 Å². The molecule has 3 aromatic carbocycles. The predicted octanol–water partition coefficient (Wildman–Crippen LogP) is 4.52. The molecule has 0 aliphatic carbocycles. The summed E-state index contributed by atoms with van der Waals surface area (Å²) >= 11 is 0. The normalized spacial score (nSPS) is 22.3. The van der Waals surface area contributed by atoms with Gasteiger partial charge in [-0.1, -0.05) is 43.7 Å². The van der Waals surface area contributed by atoms with E-state index in [2.05, 4.69) is 6.92 Å². The molecule has 3 fully saturated rings. The minimum absolute atomic E-state index is 0.0866. The van der Waals surface area contributed by atoms with Crippen molar-refractivity contribution in [3.05, 3.63) is 81.9 Å². The standard InChI is InChI=1S/C28H26N4O5/c1-2-3-6-17-9-11-18(12-10-17)26(33)29-16-19-15-24(29)25-27(34)31(28(35)30(19)25)22-13-14-23(32(36)37)21-8-5-4-7-20(21)22/h4-5,7-14,19,24-25H,2-3,6,15-16H2,1H3/t19-,24-,25+/m0/s1. The second kappa shape index (κ2) is 8.69. The molecule has 0 aromatic heterocycles. The van der Waals surface area contributed by atoms with Gasteiger partial charge in [-0.15, -0.1) is 0 Å². The van der Waals surface area contributed by atoms with E-state index in [1.54, 1.807) is 34.1 Å².